The summed E-state index contributed by atoms with van der Waals surface area (Å²) in [6.45, 7) is 6.54. The highest BCUT2D eigenvalue weighted by molar-refractivity contribution is 7.80. The Hall–Kier alpha value is -3.59. The lowest BCUT2D eigenvalue weighted by Crippen LogP contribution is -2.35. The van der Waals surface area contributed by atoms with Gasteiger partial charge in [0.1, 0.15) is 6.54 Å². The summed E-state index contributed by atoms with van der Waals surface area (Å²) in [5.41, 5.74) is 4.99. The first kappa shape index (κ1) is 22.2. The second-order valence-electron chi connectivity index (χ2n) is 8.26. The van der Waals surface area contributed by atoms with Gasteiger partial charge in [-0.05, 0) is 68.9 Å². The fourth-order valence-electron chi connectivity index (χ4n) is 4.77. The molecule has 8 nitrogen and oxygen atoms in total. The third-order valence-electron chi connectivity index (χ3n) is 6.21. The Labute approximate surface area is 203 Å². The number of nitrogens with one attached hydrogen (secondary N) is 1. The number of aromatic nitrogens is 2. The largest absolute Gasteiger partial charge is 0.465 e. The lowest BCUT2D eigenvalue weighted by molar-refractivity contribution is -0.143. The SMILES string of the molecule is CCOC(=O)CN1C(=S)NC(c2ccccn2)C1c1cc(C)n(-c2ccc3c(c2)OCO3)c1C. The average Bonchev–Trinajstić information content (AvgIpc) is 3.50. The minimum absolute atomic E-state index is 0.0569. The van der Waals surface area contributed by atoms with Gasteiger partial charge < -0.3 is 29.0 Å². The number of ether oxygens (including phenoxy) is 3. The van der Waals surface area contributed by atoms with Crippen LogP contribution in [0, 0.1) is 13.8 Å². The summed E-state index contributed by atoms with van der Waals surface area (Å²) >= 11 is 5.67. The molecule has 1 N–H and O–H groups in total. The van der Waals surface area contributed by atoms with Gasteiger partial charge >= 0.3 is 5.97 Å². The second-order valence-corrected chi connectivity index (χ2v) is 8.65. The number of pyridine rings is 1. The van der Waals surface area contributed by atoms with E-state index in [9.17, 15) is 4.79 Å². The number of rotatable bonds is 6. The molecule has 0 spiro atoms. The third kappa shape index (κ3) is 3.86. The van der Waals surface area contributed by atoms with Crippen molar-refractivity contribution in [3.63, 3.8) is 0 Å². The molecular formula is C25H26N4O4S. The molecule has 4 heterocycles. The number of esters is 1. The molecule has 2 aliphatic rings. The fraction of sp³-hybridized carbons (Fsp3) is 0.320. The van der Waals surface area contributed by atoms with E-state index in [2.05, 4.69) is 34.8 Å². The van der Waals surface area contributed by atoms with Gasteiger partial charge in [-0.2, -0.15) is 0 Å². The van der Waals surface area contributed by atoms with Crippen LogP contribution < -0.4 is 14.8 Å². The van der Waals surface area contributed by atoms with E-state index in [0.717, 1.165) is 39.8 Å². The zero-order valence-corrected chi connectivity index (χ0v) is 20.1. The molecule has 2 aliphatic heterocycles. The summed E-state index contributed by atoms with van der Waals surface area (Å²) < 4.78 is 18.5. The molecule has 2 unspecified atom stereocenters. The van der Waals surface area contributed by atoms with Crippen molar-refractivity contribution in [1.29, 1.82) is 0 Å². The first-order valence-electron chi connectivity index (χ1n) is 11.2. The number of fused-ring (bicyclic) bond motifs is 1. The summed E-state index contributed by atoms with van der Waals surface area (Å²) in [4.78, 5) is 18.9. The van der Waals surface area contributed by atoms with E-state index in [1.807, 2.05) is 41.3 Å². The first-order chi connectivity index (χ1) is 16.5. The highest BCUT2D eigenvalue weighted by Crippen LogP contribution is 2.42. The van der Waals surface area contributed by atoms with Gasteiger partial charge in [0.05, 0.1) is 24.4 Å². The van der Waals surface area contributed by atoms with Crippen LogP contribution in [0.15, 0.2) is 48.7 Å². The quantitative estimate of drug-likeness (QED) is 0.424. The molecule has 0 amide bonds. The summed E-state index contributed by atoms with van der Waals surface area (Å²) in [5, 5.41) is 3.89. The van der Waals surface area contributed by atoms with Crippen LogP contribution in [0.1, 0.15) is 41.7 Å². The van der Waals surface area contributed by atoms with Gasteiger partial charge in [0.15, 0.2) is 16.6 Å². The van der Waals surface area contributed by atoms with Gasteiger partial charge in [0, 0.05) is 29.3 Å². The van der Waals surface area contributed by atoms with E-state index >= 15 is 0 Å². The summed E-state index contributed by atoms with van der Waals surface area (Å²) in [6, 6.07) is 13.4. The van der Waals surface area contributed by atoms with Gasteiger partial charge in [0.25, 0.3) is 0 Å². The van der Waals surface area contributed by atoms with Gasteiger partial charge in [-0.1, -0.05) is 6.07 Å². The van der Waals surface area contributed by atoms with Crippen molar-refractivity contribution in [2.45, 2.75) is 32.9 Å². The van der Waals surface area contributed by atoms with Crippen LogP contribution in [0.4, 0.5) is 0 Å². The maximum Gasteiger partial charge on any atom is 0.325 e. The van der Waals surface area contributed by atoms with E-state index in [1.165, 1.54) is 0 Å². The van der Waals surface area contributed by atoms with E-state index in [0.29, 0.717) is 11.7 Å². The van der Waals surface area contributed by atoms with Crippen molar-refractivity contribution in [2.75, 3.05) is 19.9 Å². The molecule has 176 valence electrons. The van der Waals surface area contributed by atoms with Crippen LogP contribution in [-0.4, -0.2) is 45.5 Å². The lowest BCUT2D eigenvalue weighted by Gasteiger charge is -2.27. The number of nitrogens with zero attached hydrogens (tertiary/aromatic N) is 3. The van der Waals surface area contributed by atoms with E-state index < -0.39 is 0 Å². The Balaban J connectivity index is 1.59. The van der Waals surface area contributed by atoms with E-state index in [4.69, 9.17) is 26.4 Å². The standard InChI is InChI=1S/C25H26N4O4S/c1-4-31-22(30)13-28-24(23(27-25(28)34)19-7-5-6-10-26-19)18-11-15(2)29(16(18)3)17-8-9-20-21(12-17)33-14-32-20/h5-12,23-24H,4,13-14H2,1-3H3,(H,27,34). The maximum atomic E-state index is 12.5. The number of hydrogen-bond donors (Lipinski definition) is 1. The van der Waals surface area contributed by atoms with Crippen LogP contribution in [0.3, 0.4) is 0 Å². The molecule has 9 heteroatoms. The lowest BCUT2D eigenvalue weighted by atomic mass is 9.97. The topological polar surface area (TPSA) is 77.9 Å². The van der Waals surface area contributed by atoms with Crippen molar-refractivity contribution < 1.29 is 19.0 Å². The molecule has 2 atom stereocenters. The minimum atomic E-state index is -0.317. The summed E-state index contributed by atoms with van der Waals surface area (Å²) in [6.07, 6.45) is 1.76. The molecule has 34 heavy (non-hydrogen) atoms. The normalized spacial score (nSPS) is 18.8. The second kappa shape index (κ2) is 8.98. The number of aryl methyl sites for hydroxylation is 1. The fourth-order valence-corrected chi connectivity index (χ4v) is 5.07. The zero-order valence-electron chi connectivity index (χ0n) is 19.3. The van der Waals surface area contributed by atoms with Crippen LogP contribution in [0.2, 0.25) is 0 Å². The highest BCUT2D eigenvalue weighted by Gasteiger charge is 2.42. The number of thiocarbonyl (C=S) groups is 1. The molecule has 0 aliphatic carbocycles. The van der Waals surface area contributed by atoms with E-state index in [-0.39, 0.29) is 31.4 Å². The Bertz CT molecular complexity index is 1240. The minimum Gasteiger partial charge on any atom is -0.465 e. The molecule has 2 aromatic heterocycles. The molecule has 1 aromatic carbocycles. The first-order valence-corrected chi connectivity index (χ1v) is 11.6. The Kier molecular flexibility index (Phi) is 5.87. The average molecular weight is 479 g/mol. The predicted octanol–water partition coefficient (Wildman–Crippen LogP) is 3.75. The molecule has 1 fully saturated rings. The maximum absolute atomic E-state index is 12.5. The summed E-state index contributed by atoms with van der Waals surface area (Å²) in [5.74, 6) is 1.15. The predicted molar refractivity (Wildman–Crippen MR) is 130 cm³/mol. The molecule has 0 saturated carbocycles. The van der Waals surface area contributed by atoms with Crippen molar-refractivity contribution >= 4 is 23.3 Å². The van der Waals surface area contributed by atoms with Crippen molar-refractivity contribution in [1.82, 2.24) is 19.8 Å². The number of benzene rings is 1. The van der Waals surface area contributed by atoms with Crippen LogP contribution in [-0.2, 0) is 9.53 Å². The van der Waals surface area contributed by atoms with E-state index in [1.54, 1.807) is 13.1 Å². The Morgan fingerprint density at radius 1 is 1.21 bits per heavy atom. The molecule has 3 aromatic rings. The molecular weight excluding hydrogens is 452 g/mol. The smallest absolute Gasteiger partial charge is 0.325 e. The molecule has 0 radical (unpaired) electrons. The van der Waals surface area contributed by atoms with Crippen LogP contribution in [0.5, 0.6) is 11.5 Å². The molecule has 0 bridgehead atoms. The Morgan fingerprint density at radius 2 is 2.03 bits per heavy atom. The summed E-state index contributed by atoms with van der Waals surface area (Å²) in [7, 11) is 0. The van der Waals surface area contributed by atoms with Crippen molar-refractivity contribution in [2.24, 2.45) is 0 Å². The molecule has 5 rings (SSSR count). The third-order valence-corrected chi connectivity index (χ3v) is 6.56. The van der Waals surface area contributed by atoms with Crippen LogP contribution in [0.25, 0.3) is 5.69 Å². The number of carbonyl (C=O) groups is 1. The highest BCUT2D eigenvalue weighted by atomic mass is 32.1. The molecule has 1 saturated heterocycles. The van der Waals surface area contributed by atoms with Crippen molar-refractivity contribution in [3.05, 3.63) is 71.3 Å². The van der Waals surface area contributed by atoms with Gasteiger partial charge in [-0.25, -0.2) is 0 Å². The van der Waals surface area contributed by atoms with Gasteiger partial charge in [-0.15, -0.1) is 0 Å². The number of hydrogen-bond acceptors (Lipinski definition) is 6. The van der Waals surface area contributed by atoms with Crippen molar-refractivity contribution in [3.8, 4) is 17.2 Å². The Morgan fingerprint density at radius 3 is 2.79 bits per heavy atom. The van der Waals surface area contributed by atoms with Gasteiger partial charge in [0.2, 0.25) is 6.79 Å². The zero-order chi connectivity index (χ0) is 23.8. The van der Waals surface area contributed by atoms with Gasteiger partial charge in [-0.3, -0.25) is 9.78 Å². The number of carbonyl (C=O) groups excluding carboxylic acids is 1. The van der Waals surface area contributed by atoms with Crippen LogP contribution >= 0.6 is 12.2 Å². The monoisotopic (exact) mass is 478 g/mol.